The highest BCUT2D eigenvalue weighted by Crippen LogP contribution is 2.38. The van der Waals surface area contributed by atoms with Crippen LogP contribution in [0.3, 0.4) is 0 Å². The predicted molar refractivity (Wildman–Crippen MR) is 129 cm³/mol. The largest absolute Gasteiger partial charge is 0.370 e. The molecule has 0 bridgehead atoms. The van der Waals surface area contributed by atoms with Crippen molar-refractivity contribution >= 4 is 23.4 Å². The Balaban J connectivity index is 1.78. The second kappa shape index (κ2) is 11.3. The molecule has 1 saturated carbocycles. The molecule has 1 fully saturated rings. The van der Waals surface area contributed by atoms with Gasteiger partial charge in [0.2, 0.25) is 11.8 Å². The van der Waals surface area contributed by atoms with Crippen molar-refractivity contribution in [2.45, 2.75) is 63.1 Å². The Kier molecular flexibility index (Phi) is 8.66. The quantitative estimate of drug-likeness (QED) is 0.553. The first kappa shape index (κ1) is 26.1. The minimum absolute atomic E-state index is 0.0206. The van der Waals surface area contributed by atoms with Crippen molar-refractivity contribution < 1.29 is 18.4 Å². The van der Waals surface area contributed by atoms with Gasteiger partial charge in [-0.05, 0) is 81.6 Å². The normalized spacial score (nSPS) is 20.4. The van der Waals surface area contributed by atoms with Crippen LogP contribution in [0.4, 0.5) is 8.78 Å². The Hall–Kier alpha value is -2.51. The van der Waals surface area contributed by atoms with E-state index < -0.39 is 17.5 Å². The van der Waals surface area contributed by atoms with E-state index in [1.807, 2.05) is 24.3 Å². The number of nitrogens with two attached hydrogens (primary N) is 1. The molecule has 0 saturated heterocycles. The van der Waals surface area contributed by atoms with Crippen LogP contribution < -0.4 is 5.73 Å². The number of benzene rings is 2. The maximum absolute atomic E-state index is 13.8. The number of halogens is 3. The lowest BCUT2D eigenvalue weighted by Gasteiger charge is -2.47. The molecule has 0 atom stereocenters. The molecule has 34 heavy (non-hydrogen) atoms. The second-order valence-corrected chi connectivity index (χ2v) is 9.86. The molecule has 0 aliphatic heterocycles. The number of nitrogens with zero attached hydrogens (tertiary/aromatic N) is 2. The van der Waals surface area contributed by atoms with Crippen molar-refractivity contribution in [2.24, 2.45) is 5.73 Å². The Morgan fingerprint density at radius 1 is 1.00 bits per heavy atom. The van der Waals surface area contributed by atoms with Crippen LogP contribution in [0.2, 0.25) is 5.02 Å². The highest BCUT2D eigenvalue weighted by molar-refractivity contribution is 6.30. The molecule has 0 radical (unpaired) electrons. The third-order valence-corrected chi connectivity index (χ3v) is 7.15. The summed E-state index contributed by atoms with van der Waals surface area (Å²) in [5.41, 5.74) is 6.75. The van der Waals surface area contributed by atoms with Gasteiger partial charge >= 0.3 is 0 Å². The minimum atomic E-state index is -0.683. The van der Waals surface area contributed by atoms with Crippen LogP contribution in [0.25, 0.3) is 0 Å². The molecule has 5 nitrogen and oxygen atoms in total. The van der Waals surface area contributed by atoms with Crippen LogP contribution >= 0.6 is 11.6 Å². The van der Waals surface area contributed by atoms with Crippen molar-refractivity contribution in [3.8, 4) is 0 Å². The number of hydrogen-bond donors (Lipinski definition) is 1. The van der Waals surface area contributed by atoms with Crippen molar-refractivity contribution in [3.63, 3.8) is 0 Å². The molecule has 2 amide bonds. The smallest absolute Gasteiger partial charge is 0.223 e. The fraction of sp³-hybridized carbons (Fsp3) is 0.462. The van der Waals surface area contributed by atoms with Crippen molar-refractivity contribution in [1.82, 2.24) is 9.80 Å². The zero-order valence-corrected chi connectivity index (χ0v) is 20.5. The van der Waals surface area contributed by atoms with E-state index in [0.717, 1.165) is 38.2 Å². The van der Waals surface area contributed by atoms with Gasteiger partial charge in [-0.3, -0.25) is 9.59 Å². The zero-order chi connectivity index (χ0) is 24.9. The van der Waals surface area contributed by atoms with Crippen molar-refractivity contribution in [1.29, 1.82) is 0 Å². The molecule has 3 rings (SSSR count). The highest BCUT2D eigenvalue weighted by Gasteiger charge is 2.39. The Labute approximate surface area is 204 Å². The summed E-state index contributed by atoms with van der Waals surface area (Å²) in [6, 6.07) is 11.1. The summed E-state index contributed by atoms with van der Waals surface area (Å²) in [7, 11) is 4.14. The maximum atomic E-state index is 13.8. The van der Waals surface area contributed by atoms with Gasteiger partial charge in [0.25, 0.3) is 0 Å². The van der Waals surface area contributed by atoms with Crippen LogP contribution in [-0.4, -0.2) is 47.3 Å². The molecule has 2 N–H and O–H groups in total. The summed E-state index contributed by atoms with van der Waals surface area (Å²) in [6.45, 7) is 0.0864. The summed E-state index contributed by atoms with van der Waals surface area (Å²) >= 11 is 6.04. The molecule has 1 aliphatic carbocycles. The number of hydrogen-bond acceptors (Lipinski definition) is 3. The second-order valence-electron chi connectivity index (χ2n) is 9.42. The van der Waals surface area contributed by atoms with E-state index in [0.29, 0.717) is 10.6 Å². The fourth-order valence-electron chi connectivity index (χ4n) is 4.91. The first-order valence-corrected chi connectivity index (χ1v) is 11.9. The van der Waals surface area contributed by atoms with Gasteiger partial charge in [0, 0.05) is 42.1 Å². The van der Waals surface area contributed by atoms with Gasteiger partial charge in [-0.2, -0.15) is 0 Å². The van der Waals surface area contributed by atoms with Gasteiger partial charge in [0.1, 0.15) is 11.6 Å². The molecule has 2 aromatic rings. The average molecular weight is 492 g/mol. The molecule has 184 valence electrons. The van der Waals surface area contributed by atoms with Gasteiger partial charge < -0.3 is 15.5 Å². The number of amides is 2. The van der Waals surface area contributed by atoms with E-state index >= 15 is 0 Å². The molecular weight excluding hydrogens is 460 g/mol. The molecule has 0 spiro atoms. The molecule has 0 aromatic heterocycles. The predicted octanol–water partition coefficient (Wildman–Crippen LogP) is 4.70. The summed E-state index contributed by atoms with van der Waals surface area (Å²) < 4.78 is 27.6. The molecule has 1 aliphatic rings. The number of rotatable bonds is 9. The standard InChI is InChI=1S/C26H32ClF2N3O2/c1-31(2)26(16-18-3-5-20(27)6-4-18)11-9-23(10-12-26)32(25(34)8-7-24(30)33)17-19-13-21(28)15-22(29)14-19/h3-6,13-15,23H,7-12,16-17H2,1-2H3,(H2,30,33). The SMILES string of the molecule is CN(C)C1(Cc2ccc(Cl)cc2)CCC(N(Cc2cc(F)cc(F)c2)C(=O)CCC(N)=O)CC1. The van der Waals surface area contributed by atoms with E-state index in [4.69, 9.17) is 17.3 Å². The van der Waals surface area contributed by atoms with E-state index in [2.05, 4.69) is 19.0 Å². The monoisotopic (exact) mass is 491 g/mol. The minimum Gasteiger partial charge on any atom is -0.370 e. The van der Waals surface area contributed by atoms with Gasteiger partial charge in [0.05, 0.1) is 0 Å². The Morgan fingerprint density at radius 3 is 2.12 bits per heavy atom. The number of carbonyl (C=O) groups is 2. The summed E-state index contributed by atoms with van der Waals surface area (Å²) in [5, 5.41) is 0.699. The molecule has 8 heteroatoms. The fourth-order valence-corrected chi connectivity index (χ4v) is 5.04. The topological polar surface area (TPSA) is 66.6 Å². The molecule has 0 unspecified atom stereocenters. The van der Waals surface area contributed by atoms with Gasteiger partial charge in [-0.1, -0.05) is 23.7 Å². The van der Waals surface area contributed by atoms with E-state index in [9.17, 15) is 18.4 Å². The Bertz CT molecular complexity index is 985. The Morgan fingerprint density at radius 2 is 1.59 bits per heavy atom. The number of likely N-dealkylation sites (N-methyl/N-ethyl adjacent to an activating group) is 1. The maximum Gasteiger partial charge on any atom is 0.223 e. The number of primary amides is 1. The third kappa shape index (κ3) is 6.76. The summed E-state index contributed by atoms with van der Waals surface area (Å²) in [6.07, 6.45) is 3.96. The van der Waals surface area contributed by atoms with Crippen LogP contribution in [0.15, 0.2) is 42.5 Å². The van der Waals surface area contributed by atoms with Crippen LogP contribution in [0, 0.1) is 11.6 Å². The summed E-state index contributed by atoms with van der Waals surface area (Å²) in [5.74, 6) is -2.15. The van der Waals surface area contributed by atoms with Gasteiger partial charge in [0.15, 0.2) is 0 Å². The van der Waals surface area contributed by atoms with Gasteiger partial charge in [-0.25, -0.2) is 8.78 Å². The lowest BCUT2D eigenvalue weighted by Crippen LogP contribution is -2.52. The van der Waals surface area contributed by atoms with Crippen LogP contribution in [-0.2, 0) is 22.6 Å². The number of carbonyl (C=O) groups excluding carboxylic acids is 2. The molecule has 0 heterocycles. The molecular formula is C26H32ClF2N3O2. The first-order valence-electron chi connectivity index (χ1n) is 11.5. The highest BCUT2D eigenvalue weighted by atomic mass is 35.5. The van der Waals surface area contributed by atoms with E-state index in [1.54, 1.807) is 4.90 Å². The molecule has 2 aromatic carbocycles. The van der Waals surface area contributed by atoms with Crippen molar-refractivity contribution in [2.75, 3.05) is 14.1 Å². The first-order chi connectivity index (χ1) is 16.1. The van der Waals surface area contributed by atoms with E-state index in [-0.39, 0.29) is 36.9 Å². The average Bonchev–Trinajstić information content (AvgIpc) is 2.77. The third-order valence-electron chi connectivity index (χ3n) is 6.90. The lowest BCUT2D eigenvalue weighted by molar-refractivity contribution is -0.137. The van der Waals surface area contributed by atoms with Crippen LogP contribution in [0.5, 0.6) is 0 Å². The van der Waals surface area contributed by atoms with Crippen LogP contribution in [0.1, 0.15) is 49.7 Å². The summed E-state index contributed by atoms with van der Waals surface area (Å²) in [4.78, 5) is 28.2. The lowest BCUT2D eigenvalue weighted by atomic mass is 9.74. The van der Waals surface area contributed by atoms with Gasteiger partial charge in [-0.15, -0.1) is 0 Å². The van der Waals surface area contributed by atoms with E-state index in [1.165, 1.54) is 17.7 Å². The van der Waals surface area contributed by atoms with Crippen molar-refractivity contribution in [3.05, 3.63) is 70.2 Å². The zero-order valence-electron chi connectivity index (χ0n) is 19.7.